The largest absolute Gasteiger partial charge is 0.477 e. The lowest BCUT2D eigenvalue weighted by atomic mass is 10.0. The standard InChI is InChI=1S/C32H31FN6O7S3/c33-21-11-19-22(38(17-3-4-17)14-20(27(19)41)30(43)44)12-23(21)36-5-7-37(8-6-36)32(47)34-13-16-15-49-29-25(28(42)39(29)26(16)31(45)46)35-24(40)10-18-2-1-9-48-18/h1-2,9,11-12,14,17,25,29H,3-8,10,13,15H2,(H,34,47)(H,35,40)(H,43,44)(H,45,46). The number of nitrogens with zero attached hydrogens (tertiary/aromatic N) is 4. The summed E-state index contributed by atoms with van der Waals surface area (Å²) in [5.41, 5.74) is 0.106. The number of carbonyl (C=O) groups excluding carboxylic acids is 2. The maximum Gasteiger partial charge on any atom is 0.352 e. The Balaban J connectivity index is 0.982. The molecule has 0 bridgehead atoms. The van der Waals surface area contributed by atoms with Crippen LogP contribution in [0.15, 0.2) is 51.9 Å². The zero-order valence-corrected chi connectivity index (χ0v) is 28.3. The number of aromatic nitrogens is 1. The number of hydrogen-bond acceptors (Lipinski definition) is 9. The fourth-order valence-corrected chi connectivity index (χ4v) is 8.77. The first kappa shape index (κ1) is 33.0. The number of anilines is 1. The number of thioether (sulfide) groups is 1. The lowest BCUT2D eigenvalue weighted by molar-refractivity contribution is -0.150. The summed E-state index contributed by atoms with van der Waals surface area (Å²) in [6.07, 6.45) is 3.20. The van der Waals surface area contributed by atoms with E-state index in [4.69, 9.17) is 12.2 Å². The first-order valence-corrected chi connectivity index (χ1v) is 18.0. The number of pyridine rings is 1. The molecule has 0 radical (unpaired) electrons. The van der Waals surface area contributed by atoms with Gasteiger partial charge in [0.05, 0.1) is 17.6 Å². The molecule has 2 amide bonds. The third kappa shape index (κ3) is 6.25. The van der Waals surface area contributed by atoms with Gasteiger partial charge in [-0.1, -0.05) is 6.07 Å². The predicted octanol–water partition coefficient (Wildman–Crippen LogP) is 2.21. The highest BCUT2D eigenvalue weighted by Gasteiger charge is 2.54. The monoisotopic (exact) mass is 726 g/mol. The van der Waals surface area contributed by atoms with Gasteiger partial charge in [0.1, 0.15) is 28.5 Å². The Hall–Kier alpha value is -4.48. The van der Waals surface area contributed by atoms with Crippen LogP contribution in [0.5, 0.6) is 0 Å². The number of β-lactam (4-membered cyclic amide) rings is 1. The molecule has 4 N–H and O–H groups in total. The van der Waals surface area contributed by atoms with Crippen molar-refractivity contribution < 1.29 is 33.8 Å². The van der Waals surface area contributed by atoms with Gasteiger partial charge in [-0.3, -0.25) is 19.3 Å². The Morgan fingerprint density at radius 1 is 1.06 bits per heavy atom. The number of aromatic carboxylic acids is 1. The number of piperazine rings is 1. The van der Waals surface area contributed by atoms with Crippen molar-refractivity contribution in [2.75, 3.05) is 43.4 Å². The van der Waals surface area contributed by atoms with E-state index < -0.39 is 40.5 Å². The minimum atomic E-state index is -1.35. The summed E-state index contributed by atoms with van der Waals surface area (Å²) in [6, 6.07) is 5.69. The number of halogens is 1. The van der Waals surface area contributed by atoms with Crippen LogP contribution in [0.1, 0.15) is 34.1 Å². The number of aliphatic carboxylic acids is 1. The molecule has 3 fully saturated rings. The highest BCUT2D eigenvalue weighted by molar-refractivity contribution is 8.00. The van der Waals surface area contributed by atoms with Gasteiger partial charge in [0.25, 0.3) is 5.91 Å². The number of carbonyl (C=O) groups is 4. The molecule has 3 aromatic rings. The topological polar surface area (TPSA) is 165 Å². The Labute approximate surface area is 292 Å². The Kier molecular flexibility index (Phi) is 8.83. The number of hydrogen-bond donors (Lipinski definition) is 4. The van der Waals surface area contributed by atoms with Gasteiger partial charge < -0.3 is 35.2 Å². The van der Waals surface area contributed by atoms with E-state index in [1.807, 2.05) is 27.3 Å². The van der Waals surface area contributed by atoms with Gasteiger partial charge in [0, 0.05) is 61.0 Å². The second-order valence-electron chi connectivity index (χ2n) is 12.2. The number of carboxylic acids is 2. The predicted molar refractivity (Wildman–Crippen MR) is 185 cm³/mol. The zero-order valence-electron chi connectivity index (χ0n) is 25.9. The van der Waals surface area contributed by atoms with Crippen molar-refractivity contribution in [3.05, 3.63) is 73.6 Å². The van der Waals surface area contributed by atoms with Gasteiger partial charge in [-0.05, 0) is 54.2 Å². The molecular formula is C32H31FN6O7S3. The third-order valence-corrected chi connectivity index (χ3v) is 11.7. The zero-order chi connectivity index (χ0) is 34.6. The number of rotatable bonds is 9. The summed E-state index contributed by atoms with van der Waals surface area (Å²) in [7, 11) is 0. The molecule has 2 unspecified atom stereocenters. The summed E-state index contributed by atoms with van der Waals surface area (Å²) in [4.78, 5) is 68.2. The van der Waals surface area contributed by atoms with E-state index in [0.717, 1.165) is 23.8 Å². The normalized spacial score (nSPS) is 20.6. The summed E-state index contributed by atoms with van der Waals surface area (Å²) in [6.45, 7) is 1.81. The molecule has 256 valence electrons. The second kappa shape index (κ2) is 13.1. The molecule has 1 aliphatic carbocycles. The van der Waals surface area contributed by atoms with Crippen LogP contribution in [0.3, 0.4) is 0 Å². The Morgan fingerprint density at radius 3 is 2.47 bits per heavy atom. The average molecular weight is 727 g/mol. The summed E-state index contributed by atoms with van der Waals surface area (Å²) in [5, 5.41) is 27.2. The molecule has 2 aromatic heterocycles. The van der Waals surface area contributed by atoms with Gasteiger partial charge >= 0.3 is 11.9 Å². The van der Waals surface area contributed by atoms with Crippen LogP contribution in [-0.4, -0.2) is 103 Å². The molecule has 4 aliphatic rings. The fourth-order valence-electron chi connectivity index (χ4n) is 6.47. The Morgan fingerprint density at radius 2 is 1.82 bits per heavy atom. The number of fused-ring (bicyclic) bond motifs is 2. The molecule has 3 aliphatic heterocycles. The molecule has 17 heteroatoms. The third-order valence-electron chi connectivity index (χ3n) is 9.11. The van der Waals surface area contributed by atoms with Crippen LogP contribution in [0.2, 0.25) is 0 Å². The second-order valence-corrected chi connectivity index (χ2v) is 14.8. The van der Waals surface area contributed by atoms with Crippen LogP contribution >= 0.6 is 35.3 Å². The average Bonchev–Trinajstić information content (AvgIpc) is 3.80. The highest BCUT2D eigenvalue weighted by Crippen LogP contribution is 2.41. The molecule has 13 nitrogen and oxygen atoms in total. The molecular weight excluding hydrogens is 696 g/mol. The van der Waals surface area contributed by atoms with E-state index in [9.17, 15) is 34.2 Å². The number of thiophene rings is 1. The minimum Gasteiger partial charge on any atom is -0.477 e. The number of benzene rings is 1. The molecule has 2 saturated heterocycles. The van der Waals surface area contributed by atoms with E-state index in [1.165, 1.54) is 34.2 Å². The molecule has 0 spiro atoms. The van der Waals surface area contributed by atoms with Crippen LogP contribution in [0.25, 0.3) is 10.9 Å². The van der Waals surface area contributed by atoms with Crippen LogP contribution in [0, 0.1) is 5.82 Å². The maximum atomic E-state index is 15.4. The van der Waals surface area contributed by atoms with Gasteiger partial charge in [0.2, 0.25) is 11.3 Å². The fraction of sp³-hybridized carbons (Fsp3) is 0.375. The van der Waals surface area contributed by atoms with Gasteiger partial charge in [-0.25, -0.2) is 14.0 Å². The summed E-state index contributed by atoms with van der Waals surface area (Å²) >= 11 is 8.45. The number of amides is 2. The van der Waals surface area contributed by atoms with Crippen molar-refractivity contribution in [3.63, 3.8) is 0 Å². The number of carboxylic acid groups (broad SMARTS) is 2. The van der Waals surface area contributed by atoms with Gasteiger partial charge in [0.15, 0.2) is 5.11 Å². The quantitative estimate of drug-likeness (QED) is 0.188. The molecule has 1 aromatic carbocycles. The molecule has 49 heavy (non-hydrogen) atoms. The van der Waals surface area contributed by atoms with Crippen molar-refractivity contribution in [2.45, 2.75) is 36.7 Å². The molecule has 2 atom stereocenters. The summed E-state index contributed by atoms with van der Waals surface area (Å²) in [5.74, 6) is -3.63. The van der Waals surface area contributed by atoms with Crippen molar-refractivity contribution in [1.29, 1.82) is 0 Å². The van der Waals surface area contributed by atoms with Crippen LogP contribution < -0.4 is 21.0 Å². The smallest absolute Gasteiger partial charge is 0.352 e. The SMILES string of the molecule is O=C(Cc1cccs1)NC1C(=O)N2C(C(=O)O)=C(CNC(=S)N3CCN(c4cc5c(cc4F)c(=O)c(C(=O)O)cn5C4CC4)CC3)CSC12. The maximum absolute atomic E-state index is 15.4. The van der Waals surface area contributed by atoms with E-state index in [-0.39, 0.29) is 41.6 Å². The number of nitrogens with one attached hydrogen (secondary N) is 2. The minimum absolute atomic E-state index is 0.0358. The van der Waals surface area contributed by atoms with E-state index in [1.54, 1.807) is 10.6 Å². The van der Waals surface area contributed by atoms with Crippen molar-refractivity contribution in [3.8, 4) is 0 Å². The van der Waals surface area contributed by atoms with E-state index in [2.05, 4.69) is 10.6 Å². The van der Waals surface area contributed by atoms with Crippen LogP contribution in [0.4, 0.5) is 10.1 Å². The Bertz CT molecular complexity index is 1990. The lowest BCUT2D eigenvalue weighted by Gasteiger charge is -2.49. The highest BCUT2D eigenvalue weighted by atomic mass is 32.2. The van der Waals surface area contributed by atoms with Crippen molar-refractivity contribution >= 4 is 80.8 Å². The van der Waals surface area contributed by atoms with E-state index in [0.29, 0.717) is 53.8 Å². The first-order valence-electron chi connectivity index (χ1n) is 15.6. The number of thiocarbonyl (C=S) groups is 1. The molecule has 7 rings (SSSR count). The van der Waals surface area contributed by atoms with E-state index >= 15 is 4.39 Å². The van der Waals surface area contributed by atoms with Gasteiger partial charge in [-0.15, -0.1) is 23.1 Å². The van der Waals surface area contributed by atoms with Crippen LogP contribution in [-0.2, 0) is 20.8 Å². The lowest BCUT2D eigenvalue weighted by Crippen LogP contribution is -2.70. The van der Waals surface area contributed by atoms with Crippen molar-refractivity contribution in [1.82, 2.24) is 25.0 Å². The summed E-state index contributed by atoms with van der Waals surface area (Å²) < 4.78 is 17.2. The van der Waals surface area contributed by atoms with Crippen molar-refractivity contribution in [2.24, 2.45) is 0 Å². The van der Waals surface area contributed by atoms with Gasteiger partial charge in [-0.2, -0.15) is 0 Å². The molecule has 5 heterocycles. The first-order chi connectivity index (χ1) is 23.5. The molecule has 1 saturated carbocycles.